The fraction of sp³-hybridized carbons (Fsp3) is 0.174. The van der Waals surface area contributed by atoms with Crippen LogP contribution in [0.25, 0.3) is 5.76 Å². The fourth-order valence-corrected chi connectivity index (χ4v) is 4.53. The largest absolute Gasteiger partial charge is 0.507 e. The first-order valence-electron chi connectivity index (χ1n) is 9.95. The van der Waals surface area contributed by atoms with Crippen molar-refractivity contribution in [3.63, 3.8) is 0 Å². The number of aliphatic hydroxyl groups excluding tert-OH is 1. The second-order valence-corrected chi connectivity index (χ2v) is 9.77. The number of Topliss-reactive ketones (excluding diaryl/α,β-unsaturated/α-hetero) is 1. The predicted octanol–water partition coefficient (Wildman–Crippen LogP) is 2.55. The summed E-state index contributed by atoms with van der Waals surface area (Å²) in [7, 11) is -0.836. The van der Waals surface area contributed by atoms with Crippen LogP contribution in [0.4, 0.5) is 0 Å². The molecule has 33 heavy (non-hydrogen) atoms. The number of amides is 1. The molecular weight excluding hydrogens is 446 g/mol. The van der Waals surface area contributed by atoms with Gasteiger partial charge in [-0.25, -0.2) is 12.7 Å². The number of rotatable bonds is 6. The van der Waals surface area contributed by atoms with Crippen molar-refractivity contribution in [1.29, 1.82) is 0 Å². The van der Waals surface area contributed by atoms with Crippen molar-refractivity contribution in [1.82, 2.24) is 14.2 Å². The average Bonchev–Trinajstić information content (AvgIpc) is 3.42. The van der Waals surface area contributed by atoms with E-state index in [0.717, 1.165) is 4.31 Å². The van der Waals surface area contributed by atoms with Crippen molar-refractivity contribution in [3.05, 3.63) is 89.6 Å². The molecule has 2 aromatic heterocycles. The van der Waals surface area contributed by atoms with E-state index in [1.807, 2.05) is 0 Å². The van der Waals surface area contributed by atoms with Crippen LogP contribution in [-0.4, -0.2) is 53.5 Å². The van der Waals surface area contributed by atoms with E-state index in [4.69, 9.17) is 4.42 Å². The normalized spacial score (nSPS) is 18.3. The van der Waals surface area contributed by atoms with Crippen LogP contribution < -0.4 is 0 Å². The average molecular weight is 468 g/mol. The second-order valence-electron chi connectivity index (χ2n) is 7.62. The summed E-state index contributed by atoms with van der Waals surface area (Å²) in [5, 5.41) is 11.0. The number of ketones is 1. The highest BCUT2D eigenvalue weighted by Crippen LogP contribution is 2.40. The van der Waals surface area contributed by atoms with Gasteiger partial charge in [-0.05, 0) is 48.0 Å². The van der Waals surface area contributed by atoms with Crippen molar-refractivity contribution >= 4 is 27.5 Å². The van der Waals surface area contributed by atoms with Gasteiger partial charge in [0.2, 0.25) is 10.0 Å². The summed E-state index contributed by atoms with van der Waals surface area (Å²) in [6.45, 7) is 0.0839. The van der Waals surface area contributed by atoms with Gasteiger partial charge in [-0.2, -0.15) is 0 Å². The van der Waals surface area contributed by atoms with E-state index in [1.54, 1.807) is 36.7 Å². The predicted molar refractivity (Wildman–Crippen MR) is 118 cm³/mol. The van der Waals surface area contributed by atoms with Gasteiger partial charge in [-0.15, -0.1) is 0 Å². The highest BCUT2D eigenvalue weighted by Gasteiger charge is 2.47. The Labute approximate surface area is 190 Å². The molecule has 3 aromatic rings. The third-order valence-corrected chi connectivity index (χ3v) is 7.16. The number of likely N-dealkylation sites (tertiary alicyclic amines) is 1. The van der Waals surface area contributed by atoms with Gasteiger partial charge in [0.05, 0.1) is 16.7 Å². The molecule has 9 nitrogen and oxygen atoms in total. The van der Waals surface area contributed by atoms with Crippen LogP contribution >= 0.6 is 0 Å². The molecule has 1 saturated heterocycles. The summed E-state index contributed by atoms with van der Waals surface area (Å²) in [4.78, 5) is 31.3. The quantitative estimate of drug-likeness (QED) is 0.336. The lowest BCUT2D eigenvalue weighted by atomic mass is 9.99. The molecule has 0 radical (unpaired) electrons. The van der Waals surface area contributed by atoms with Crippen molar-refractivity contribution in [3.8, 4) is 0 Å². The van der Waals surface area contributed by atoms with E-state index < -0.39 is 33.5 Å². The summed E-state index contributed by atoms with van der Waals surface area (Å²) in [6, 6.07) is 11.2. The lowest BCUT2D eigenvalue weighted by Gasteiger charge is -2.23. The van der Waals surface area contributed by atoms with Crippen molar-refractivity contribution in [2.24, 2.45) is 0 Å². The zero-order valence-corrected chi connectivity index (χ0v) is 18.7. The summed E-state index contributed by atoms with van der Waals surface area (Å²) in [6.07, 6.45) is 4.60. The van der Waals surface area contributed by atoms with Gasteiger partial charge in [0.25, 0.3) is 11.7 Å². The number of benzene rings is 1. The molecule has 0 aliphatic carbocycles. The Morgan fingerprint density at radius 1 is 1.12 bits per heavy atom. The third kappa shape index (κ3) is 4.06. The number of aliphatic hydroxyl groups is 1. The number of furan rings is 1. The first-order valence-corrected chi connectivity index (χ1v) is 11.4. The second kappa shape index (κ2) is 8.64. The first kappa shape index (κ1) is 22.4. The first-order chi connectivity index (χ1) is 15.7. The molecule has 0 saturated carbocycles. The number of hydrogen-bond acceptors (Lipinski definition) is 7. The van der Waals surface area contributed by atoms with Crippen LogP contribution in [0, 0.1) is 0 Å². The number of aromatic nitrogens is 1. The van der Waals surface area contributed by atoms with Gasteiger partial charge in [0.15, 0.2) is 0 Å². The van der Waals surface area contributed by atoms with Gasteiger partial charge in [-0.1, -0.05) is 6.07 Å². The van der Waals surface area contributed by atoms with Crippen LogP contribution in [0.5, 0.6) is 0 Å². The lowest BCUT2D eigenvalue weighted by molar-refractivity contribution is -0.140. The van der Waals surface area contributed by atoms with E-state index in [9.17, 15) is 23.1 Å². The minimum atomic E-state index is -3.66. The molecule has 1 amide bonds. The number of carbonyl (C=O) groups is 2. The Morgan fingerprint density at radius 3 is 2.42 bits per heavy atom. The van der Waals surface area contributed by atoms with E-state index in [0.29, 0.717) is 11.3 Å². The Kier molecular flexibility index (Phi) is 5.88. The summed E-state index contributed by atoms with van der Waals surface area (Å²) >= 11 is 0. The zero-order chi connectivity index (χ0) is 23.8. The molecule has 1 aliphatic rings. The molecule has 1 atom stereocenters. The van der Waals surface area contributed by atoms with Gasteiger partial charge in [0, 0.05) is 38.6 Å². The Bertz CT molecular complexity index is 1310. The Morgan fingerprint density at radius 2 is 1.85 bits per heavy atom. The summed E-state index contributed by atoms with van der Waals surface area (Å²) in [5.74, 6) is -1.75. The van der Waals surface area contributed by atoms with E-state index in [-0.39, 0.29) is 22.6 Å². The van der Waals surface area contributed by atoms with E-state index >= 15 is 0 Å². The smallest absolute Gasteiger partial charge is 0.296 e. The van der Waals surface area contributed by atoms with Crippen LogP contribution in [0.3, 0.4) is 0 Å². The summed E-state index contributed by atoms with van der Waals surface area (Å²) in [5.41, 5.74) is 0.764. The Balaban J connectivity index is 1.79. The molecule has 0 bridgehead atoms. The van der Waals surface area contributed by atoms with Crippen LogP contribution in [-0.2, 0) is 26.2 Å². The number of pyridine rings is 1. The van der Waals surface area contributed by atoms with Gasteiger partial charge in [0.1, 0.15) is 17.6 Å². The fourth-order valence-electron chi connectivity index (χ4n) is 3.63. The zero-order valence-electron chi connectivity index (χ0n) is 17.9. The maximum absolute atomic E-state index is 13.0. The SMILES string of the molecule is CN(C)S(=O)(=O)c1ccc(C(O)=C2C(=O)C(=O)N(Cc3cccnc3)C2c2ccco2)cc1. The number of nitrogens with zero attached hydrogens (tertiary/aromatic N) is 3. The number of hydrogen-bond donors (Lipinski definition) is 1. The minimum Gasteiger partial charge on any atom is -0.507 e. The standard InChI is InChI=1S/C23H21N3O6S/c1-25(2)33(30,31)17-9-7-16(8-10-17)21(27)19-20(18-6-4-12-32-18)26(23(29)22(19)28)14-15-5-3-11-24-13-15/h3-13,20,27H,14H2,1-2H3. The molecule has 10 heteroatoms. The molecule has 1 aliphatic heterocycles. The Hall–Kier alpha value is -3.76. The third-order valence-electron chi connectivity index (χ3n) is 5.33. The van der Waals surface area contributed by atoms with E-state index in [2.05, 4.69) is 4.98 Å². The molecule has 1 N–H and O–H groups in total. The topological polar surface area (TPSA) is 121 Å². The molecule has 3 heterocycles. The molecule has 4 rings (SSSR count). The molecule has 0 spiro atoms. The summed E-state index contributed by atoms with van der Waals surface area (Å²) < 4.78 is 31.2. The molecule has 1 aromatic carbocycles. The lowest BCUT2D eigenvalue weighted by Crippen LogP contribution is -2.29. The molecule has 170 valence electrons. The number of sulfonamides is 1. The van der Waals surface area contributed by atoms with Gasteiger partial charge in [-0.3, -0.25) is 14.6 Å². The molecule has 1 unspecified atom stereocenters. The van der Waals surface area contributed by atoms with E-state index in [1.165, 1.54) is 49.5 Å². The van der Waals surface area contributed by atoms with Crippen molar-refractivity contribution in [2.45, 2.75) is 17.5 Å². The van der Waals surface area contributed by atoms with Crippen molar-refractivity contribution in [2.75, 3.05) is 14.1 Å². The molecule has 1 fully saturated rings. The van der Waals surface area contributed by atoms with Crippen LogP contribution in [0.1, 0.15) is 22.9 Å². The number of carbonyl (C=O) groups excluding carboxylic acids is 2. The van der Waals surface area contributed by atoms with Crippen LogP contribution in [0.2, 0.25) is 0 Å². The van der Waals surface area contributed by atoms with Gasteiger partial charge >= 0.3 is 0 Å². The monoisotopic (exact) mass is 467 g/mol. The maximum atomic E-state index is 13.0. The van der Waals surface area contributed by atoms with Gasteiger partial charge < -0.3 is 14.4 Å². The van der Waals surface area contributed by atoms with Crippen molar-refractivity contribution < 1.29 is 27.5 Å². The highest BCUT2D eigenvalue weighted by molar-refractivity contribution is 7.89. The minimum absolute atomic E-state index is 0.0312. The van der Waals surface area contributed by atoms with Crippen LogP contribution in [0.15, 0.2) is 82.1 Å². The molecular formula is C23H21N3O6S. The maximum Gasteiger partial charge on any atom is 0.296 e. The highest BCUT2D eigenvalue weighted by atomic mass is 32.2.